The van der Waals surface area contributed by atoms with Crippen LogP contribution < -0.4 is 4.74 Å². The normalized spacial score (nSPS) is 16.4. The first kappa shape index (κ1) is 14.9. The van der Waals surface area contributed by atoms with Gasteiger partial charge in [-0.25, -0.2) is 4.79 Å². The molecule has 1 saturated carbocycles. The van der Waals surface area contributed by atoms with Gasteiger partial charge in [0.2, 0.25) is 0 Å². The molecule has 110 valence electrons. The highest BCUT2D eigenvalue weighted by Gasteiger charge is 2.19. The number of carboxylic acids is 1. The van der Waals surface area contributed by atoms with Crippen LogP contribution in [0.5, 0.6) is 5.75 Å². The van der Waals surface area contributed by atoms with Crippen LogP contribution in [0.25, 0.3) is 0 Å². The molecule has 0 radical (unpaired) electrons. The summed E-state index contributed by atoms with van der Waals surface area (Å²) in [5.41, 5.74) is 1.26. The summed E-state index contributed by atoms with van der Waals surface area (Å²) in [6, 6.07) is 6.04. The summed E-state index contributed by atoms with van der Waals surface area (Å²) in [6.45, 7) is 0.787. The topological polar surface area (TPSA) is 49.8 Å². The van der Waals surface area contributed by atoms with Crippen molar-refractivity contribution in [1.82, 2.24) is 4.90 Å². The predicted molar refractivity (Wildman–Crippen MR) is 78.3 cm³/mol. The Hall–Kier alpha value is -1.55. The Labute approximate surface area is 120 Å². The van der Waals surface area contributed by atoms with Gasteiger partial charge in [-0.3, -0.25) is 4.90 Å². The van der Waals surface area contributed by atoms with Gasteiger partial charge < -0.3 is 9.84 Å². The Morgan fingerprint density at radius 3 is 2.65 bits per heavy atom. The van der Waals surface area contributed by atoms with E-state index in [9.17, 15) is 9.90 Å². The van der Waals surface area contributed by atoms with Crippen LogP contribution in [0, 0.1) is 0 Å². The molecule has 0 saturated heterocycles. The van der Waals surface area contributed by atoms with Gasteiger partial charge >= 0.3 is 5.97 Å². The summed E-state index contributed by atoms with van der Waals surface area (Å²) < 4.78 is 5.09. The van der Waals surface area contributed by atoms with Crippen molar-refractivity contribution < 1.29 is 14.6 Å². The molecule has 0 bridgehead atoms. The fourth-order valence-corrected chi connectivity index (χ4v) is 2.96. The van der Waals surface area contributed by atoms with Crippen molar-refractivity contribution in [3.8, 4) is 5.75 Å². The smallest absolute Gasteiger partial charge is 0.339 e. The number of rotatable bonds is 5. The molecule has 0 atom stereocenters. The summed E-state index contributed by atoms with van der Waals surface area (Å²) >= 11 is 0. The highest BCUT2D eigenvalue weighted by atomic mass is 16.5. The Balaban J connectivity index is 2.08. The van der Waals surface area contributed by atoms with Gasteiger partial charge in [0.25, 0.3) is 0 Å². The molecular weight excluding hydrogens is 254 g/mol. The standard InChI is InChI=1S/C16H23NO3/c1-17(13-6-4-3-5-7-13)11-12-8-9-15(20-2)14(10-12)16(18)19/h8-10,13H,3-7,11H2,1-2H3,(H,18,19). The van der Waals surface area contributed by atoms with Gasteiger partial charge in [-0.1, -0.05) is 25.3 Å². The van der Waals surface area contributed by atoms with E-state index in [0.29, 0.717) is 11.8 Å². The van der Waals surface area contributed by atoms with E-state index in [1.807, 2.05) is 6.07 Å². The van der Waals surface area contributed by atoms with Crippen LogP contribution in [-0.2, 0) is 6.54 Å². The van der Waals surface area contributed by atoms with Gasteiger partial charge in [-0.05, 0) is 37.6 Å². The van der Waals surface area contributed by atoms with E-state index in [2.05, 4.69) is 11.9 Å². The lowest BCUT2D eigenvalue weighted by molar-refractivity contribution is 0.0693. The molecule has 0 heterocycles. The van der Waals surface area contributed by atoms with Crippen molar-refractivity contribution in [3.05, 3.63) is 29.3 Å². The molecule has 1 N–H and O–H groups in total. The molecule has 0 spiro atoms. The lowest BCUT2D eigenvalue weighted by Crippen LogP contribution is -2.32. The maximum Gasteiger partial charge on any atom is 0.339 e. The summed E-state index contributed by atoms with van der Waals surface area (Å²) in [5.74, 6) is -0.523. The summed E-state index contributed by atoms with van der Waals surface area (Å²) in [5, 5.41) is 9.21. The number of carboxylic acid groups (broad SMARTS) is 1. The monoisotopic (exact) mass is 277 g/mol. The largest absolute Gasteiger partial charge is 0.496 e. The highest BCUT2D eigenvalue weighted by molar-refractivity contribution is 5.91. The van der Waals surface area contributed by atoms with Crippen molar-refractivity contribution in [2.45, 2.75) is 44.7 Å². The van der Waals surface area contributed by atoms with E-state index in [0.717, 1.165) is 12.1 Å². The van der Waals surface area contributed by atoms with E-state index in [-0.39, 0.29) is 5.56 Å². The van der Waals surface area contributed by atoms with Gasteiger partial charge in [-0.2, -0.15) is 0 Å². The van der Waals surface area contributed by atoms with Crippen LogP contribution >= 0.6 is 0 Å². The average molecular weight is 277 g/mol. The number of hydrogen-bond acceptors (Lipinski definition) is 3. The molecule has 1 aromatic carbocycles. The SMILES string of the molecule is COc1ccc(CN(C)C2CCCCC2)cc1C(=O)O. The second kappa shape index (κ2) is 6.75. The first-order valence-corrected chi connectivity index (χ1v) is 7.22. The second-order valence-electron chi connectivity index (χ2n) is 5.55. The summed E-state index contributed by atoms with van der Waals surface area (Å²) in [4.78, 5) is 13.6. The number of ether oxygens (including phenoxy) is 1. The molecule has 0 amide bonds. The quantitative estimate of drug-likeness (QED) is 0.898. The molecule has 0 aliphatic heterocycles. The third-order valence-corrected chi connectivity index (χ3v) is 4.12. The fraction of sp³-hybridized carbons (Fsp3) is 0.562. The number of benzene rings is 1. The molecule has 1 aliphatic rings. The molecule has 4 nitrogen and oxygen atoms in total. The fourth-order valence-electron chi connectivity index (χ4n) is 2.96. The van der Waals surface area contributed by atoms with Gasteiger partial charge in [0.05, 0.1) is 7.11 Å². The zero-order chi connectivity index (χ0) is 14.5. The Morgan fingerprint density at radius 2 is 2.05 bits per heavy atom. The van der Waals surface area contributed by atoms with Crippen molar-refractivity contribution in [2.75, 3.05) is 14.2 Å². The van der Waals surface area contributed by atoms with Gasteiger partial charge in [-0.15, -0.1) is 0 Å². The maximum absolute atomic E-state index is 11.2. The molecule has 0 unspecified atom stereocenters. The molecule has 20 heavy (non-hydrogen) atoms. The zero-order valence-electron chi connectivity index (χ0n) is 12.3. The van der Waals surface area contributed by atoms with Crippen LogP contribution in [0.2, 0.25) is 0 Å². The molecular formula is C16H23NO3. The number of aromatic carboxylic acids is 1. The van der Waals surface area contributed by atoms with E-state index < -0.39 is 5.97 Å². The van der Waals surface area contributed by atoms with Crippen LogP contribution in [-0.4, -0.2) is 36.2 Å². The number of methoxy groups -OCH3 is 1. The number of hydrogen-bond donors (Lipinski definition) is 1. The maximum atomic E-state index is 11.2. The average Bonchev–Trinajstić information content (AvgIpc) is 2.48. The Bertz CT molecular complexity index is 467. The Kier molecular flexibility index (Phi) is 5.01. The molecule has 1 aliphatic carbocycles. The molecule has 1 fully saturated rings. The minimum atomic E-state index is -0.941. The van der Waals surface area contributed by atoms with E-state index in [1.54, 1.807) is 12.1 Å². The third kappa shape index (κ3) is 3.51. The number of nitrogens with zero attached hydrogens (tertiary/aromatic N) is 1. The lowest BCUT2D eigenvalue weighted by atomic mass is 9.94. The summed E-state index contributed by atoms with van der Waals surface area (Å²) in [7, 11) is 3.62. The lowest BCUT2D eigenvalue weighted by Gasteiger charge is -2.31. The van der Waals surface area contributed by atoms with Crippen LogP contribution in [0.1, 0.15) is 48.0 Å². The van der Waals surface area contributed by atoms with Crippen molar-refractivity contribution in [2.24, 2.45) is 0 Å². The van der Waals surface area contributed by atoms with Gasteiger partial charge in [0, 0.05) is 12.6 Å². The van der Waals surface area contributed by atoms with E-state index in [1.165, 1.54) is 39.2 Å². The van der Waals surface area contributed by atoms with E-state index in [4.69, 9.17) is 4.74 Å². The minimum absolute atomic E-state index is 0.238. The first-order chi connectivity index (χ1) is 9.61. The second-order valence-corrected chi connectivity index (χ2v) is 5.55. The van der Waals surface area contributed by atoms with Crippen LogP contribution in [0.15, 0.2) is 18.2 Å². The molecule has 1 aromatic rings. The van der Waals surface area contributed by atoms with Crippen molar-refractivity contribution in [1.29, 1.82) is 0 Å². The number of carbonyl (C=O) groups is 1. The van der Waals surface area contributed by atoms with Crippen LogP contribution in [0.4, 0.5) is 0 Å². The predicted octanol–water partition coefficient (Wildman–Crippen LogP) is 3.16. The van der Waals surface area contributed by atoms with Crippen molar-refractivity contribution in [3.63, 3.8) is 0 Å². The molecule has 0 aromatic heterocycles. The molecule has 4 heteroatoms. The minimum Gasteiger partial charge on any atom is -0.496 e. The summed E-state index contributed by atoms with van der Waals surface area (Å²) in [6.07, 6.45) is 6.45. The van der Waals surface area contributed by atoms with E-state index >= 15 is 0 Å². The zero-order valence-corrected chi connectivity index (χ0v) is 12.3. The highest BCUT2D eigenvalue weighted by Crippen LogP contribution is 2.25. The van der Waals surface area contributed by atoms with Gasteiger partial charge in [0.1, 0.15) is 11.3 Å². The first-order valence-electron chi connectivity index (χ1n) is 7.22. The van der Waals surface area contributed by atoms with Crippen molar-refractivity contribution >= 4 is 5.97 Å². The van der Waals surface area contributed by atoms with Crippen LogP contribution in [0.3, 0.4) is 0 Å². The Morgan fingerprint density at radius 1 is 1.35 bits per heavy atom. The third-order valence-electron chi connectivity index (χ3n) is 4.12. The molecule has 2 rings (SSSR count). The van der Waals surface area contributed by atoms with Gasteiger partial charge in [0.15, 0.2) is 0 Å².